The molecule has 1 aromatic carbocycles. The van der Waals surface area contributed by atoms with Crippen molar-refractivity contribution in [2.75, 3.05) is 19.5 Å². The molecule has 1 heterocycles. The number of allylic oxidation sites excluding steroid dienone is 1. The van der Waals surface area contributed by atoms with Crippen LogP contribution in [0.1, 0.15) is 28.4 Å². The molecule has 0 saturated carbocycles. The Morgan fingerprint density at radius 2 is 2.13 bits per heavy atom. The third-order valence-electron chi connectivity index (χ3n) is 3.13. The van der Waals surface area contributed by atoms with Gasteiger partial charge in [-0.25, -0.2) is 0 Å². The van der Waals surface area contributed by atoms with E-state index < -0.39 is 0 Å². The van der Waals surface area contributed by atoms with Gasteiger partial charge in [-0.3, -0.25) is 4.79 Å². The van der Waals surface area contributed by atoms with Crippen molar-refractivity contribution >= 4 is 28.3 Å². The van der Waals surface area contributed by atoms with Crippen molar-refractivity contribution in [2.24, 2.45) is 0 Å². The Bertz CT molecular complexity index is 788. The molecule has 0 fully saturated rings. The number of nitriles is 1. The van der Waals surface area contributed by atoms with Crippen LogP contribution in [0.25, 0.3) is 6.08 Å². The van der Waals surface area contributed by atoms with Gasteiger partial charge >= 0.3 is 0 Å². The monoisotopic (exact) mass is 328 g/mol. The van der Waals surface area contributed by atoms with Gasteiger partial charge in [0.1, 0.15) is 11.1 Å². The van der Waals surface area contributed by atoms with Crippen molar-refractivity contribution in [3.05, 3.63) is 46.3 Å². The zero-order valence-corrected chi connectivity index (χ0v) is 13.9. The van der Waals surface area contributed by atoms with Crippen molar-refractivity contribution in [2.45, 2.75) is 6.92 Å². The van der Waals surface area contributed by atoms with Gasteiger partial charge in [-0.05, 0) is 30.5 Å². The lowest BCUT2D eigenvalue weighted by atomic mass is 10.1. The van der Waals surface area contributed by atoms with Crippen LogP contribution in [0, 0.1) is 11.3 Å². The predicted molar refractivity (Wildman–Crippen MR) is 91.2 cm³/mol. The summed E-state index contributed by atoms with van der Waals surface area (Å²) in [6, 6.07) is 7.04. The first-order valence-corrected chi connectivity index (χ1v) is 7.70. The first-order valence-electron chi connectivity index (χ1n) is 6.82. The molecule has 1 aromatic heterocycles. The quantitative estimate of drug-likeness (QED) is 0.903. The number of anilines is 1. The minimum Gasteiger partial charge on any atom is -0.493 e. The number of ether oxygens (including phenoxy) is 2. The molecule has 0 atom stereocenters. The topological polar surface area (TPSA) is 71.4 Å². The lowest BCUT2D eigenvalue weighted by molar-refractivity contribution is 0.102. The minimum atomic E-state index is -0.310. The molecule has 1 N–H and O–H groups in total. The van der Waals surface area contributed by atoms with Crippen LogP contribution in [0.15, 0.2) is 29.7 Å². The van der Waals surface area contributed by atoms with E-state index in [1.54, 1.807) is 30.7 Å². The van der Waals surface area contributed by atoms with Crippen molar-refractivity contribution in [3.8, 4) is 17.6 Å². The average Bonchev–Trinajstić information content (AvgIpc) is 3.01. The van der Waals surface area contributed by atoms with Gasteiger partial charge in [-0.1, -0.05) is 12.2 Å². The molecule has 2 rings (SSSR count). The molecule has 0 saturated heterocycles. The summed E-state index contributed by atoms with van der Waals surface area (Å²) in [7, 11) is 3.07. The normalized spacial score (nSPS) is 10.3. The minimum absolute atomic E-state index is 0.310. The molecule has 6 heteroatoms. The number of carbonyl (C=O) groups is 1. The highest BCUT2D eigenvalue weighted by atomic mass is 32.1. The number of nitrogens with one attached hydrogen (secondary N) is 1. The van der Waals surface area contributed by atoms with Crippen molar-refractivity contribution in [1.82, 2.24) is 0 Å². The zero-order chi connectivity index (χ0) is 16.8. The molecule has 5 nitrogen and oxygen atoms in total. The summed E-state index contributed by atoms with van der Waals surface area (Å²) in [5, 5.41) is 14.1. The summed E-state index contributed by atoms with van der Waals surface area (Å²) >= 11 is 1.30. The van der Waals surface area contributed by atoms with E-state index in [2.05, 4.69) is 5.32 Å². The summed E-state index contributed by atoms with van der Waals surface area (Å²) < 4.78 is 10.7. The van der Waals surface area contributed by atoms with Crippen LogP contribution >= 0.6 is 11.3 Å². The maximum Gasteiger partial charge on any atom is 0.256 e. The number of benzene rings is 1. The fourth-order valence-corrected chi connectivity index (χ4v) is 2.83. The van der Waals surface area contributed by atoms with Gasteiger partial charge in [-0.2, -0.15) is 5.26 Å². The van der Waals surface area contributed by atoms with Crippen LogP contribution in [-0.4, -0.2) is 20.1 Å². The molecular weight excluding hydrogens is 312 g/mol. The first kappa shape index (κ1) is 16.6. The summed E-state index contributed by atoms with van der Waals surface area (Å²) in [4.78, 5) is 12.5. The molecule has 2 aromatic rings. The molecule has 0 aliphatic heterocycles. The summed E-state index contributed by atoms with van der Waals surface area (Å²) in [6.45, 7) is 1.88. The highest BCUT2D eigenvalue weighted by molar-refractivity contribution is 7.14. The first-order chi connectivity index (χ1) is 11.1. The summed E-state index contributed by atoms with van der Waals surface area (Å²) in [5.41, 5.74) is 1.61. The Morgan fingerprint density at radius 3 is 2.74 bits per heavy atom. The number of methoxy groups -OCH3 is 2. The number of hydrogen-bond acceptors (Lipinski definition) is 5. The smallest absolute Gasteiger partial charge is 0.256 e. The van der Waals surface area contributed by atoms with Gasteiger partial charge in [0.05, 0.1) is 19.8 Å². The lowest BCUT2D eigenvalue weighted by Gasteiger charge is -2.13. The van der Waals surface area contributed by atoms with E-state index in [9.17, 15) is 4.79 Å². The number of carbonyl (C=O) groups excluding carboxylic acids is 1. The van der Waals surface area contributed by atoms with E-state index in [-0.39, 0.29) is 5.91 Å². The number of rotatable bonds is 5. The van der Waals surface area contributed by atoms with E-state index in [1.165, 1.54) is 18.4 Å². The van der Waals surface area contributed by atoms with Gasteiger partial charge in [0, 0.05) is 11.1 Å². The van der Waals surface area contributed by atoms with Gasteiger partial charge in [0.15, 0.2) is 11.5 Å². The number of nitrogens with zero attached hydrogens (tertiary/aromatic N) is 1. The van der Waals surface area contributed by atoms with Crippen LogP contribution in [0.2, 0.25) is 0 Å². The molecule has 0 aliphatic carbocycles. The highest BCUT2D eigenvalue weighted by Crippen LogP contribution is 2.34. The lowest BCUT2D eigenvalue weighted by Crippen LogP contribution is -2.12. The van der Waals surface area contributed by atoms with Crippen LogP contribution < -0.4 is 14.8 Å². The number of hydrogen-bond donors (Lipinski definition) is 1. The molecule has 0 unspecified atom stereocenters. The summed E-state index contributed by atoms with van der Waals surface area (Å²) in [6.07, 6.45) is 3.69. The molecule has 1 amide bonds. The SMILES string of the molecule is C/C=C/c1cc(C(=O)Nc2sccc2C#N)cc(OC)c1OC. The molecule has 23 heavy (non-hydrogen) atoms. The second-order valence-corrected chi connectivity index (χ2v) is 5.45. The van der Waals surface area contributed by atoms with E-state index in [1.807, 2.05) is 25.1 Å². The van der Waals surface area contributed by atoms with Crippen LogP contribution in [0.5, 0.6) is 11.5 Å². The second-order valence-electron chi connectivity index (χ2n) is 4.53. The summed E-state index contributed by atoms with van der Waals surface area (Å²) in [5.74, 6) is 0.728. The Morgan fingerprint density at radius 1 is 1.35 bits per heavy atom. The van der Waals surface area contributed by atoms with Gasteiger partial charge < -0.3 is 14.8 Å². The Hall–Kier alpha value is -2.78. The largest absolute Gasteiger partial charge is 0.493 e. The van der Waals surface area contributed by atoms with Crippen LogP contribution in [-0.2, 0) is 0 Å². The van der Waals surface area contributed by atoms with Crippen LogP contribution in [0.3, 0.4) is 0 Å². The Labute approximate surface area is 138 Å². The van der Waals surface area contributed by atoms with Gasteiger partial charge in [0.2, 0.25) is 0 Å². The molecule has 0 radical (unpaired) electrons. The predicted octanol–water partition coefficient (Wildman–Crippen LogP) is 3.92. The fraction of sp³-hybridized carbons (Fsp3) is 0.176. The third-order valence-corrected chi connectivity index (χ3v) is 3.96. The molecule has 118 valence electrons. The van der Waals surface area contributed by atoms with E-state index in [4.69, 9.17) is 14.7 Å². The Balaban J connectivity index is 2.41. The number of amides is 1. The molecule has 0 aliphatic rings. The molecule has 0 spiro atoms. The van der Waals surface area contributed by atoms with E-state index in [0.29, 0.717) is 27.6 Å². The highest BCUT2D eigenvalue weighted by Gasteiger charge is 2.16. The second kappa shape index (κ2) is 7.47. The number of thiophene rings is 1. The van der Waals surface area contributed by atoms with Crippen molar-refractivity contribution in [3.63, 3.8) is 0 Å². The van der Waals surface area contributed by atoms with Crippen molar-refractivity contribution in [1.29, 1.82) is 5.26 Å². The third kappa shape index (κ3) is 3.52. The Kier molecular flexibility index (Phi) is 5.39. The average molecular weight is 328 g/mol. The van der Waals surface area contributed by atoms with E-state index >= 15 is 0 Å². The van der Waals surface area contributed by atoms with Crippen molar-refractivity contribution < 1.29 is 14.3 Å². The molecular formula is C17H16N2O3S. The van der Waals surface area contributed by atoms with Crippen LogP contribution in [0.4, 0.5) is 5.00 Å². The van der Waals surface area contributed by atoms with E-state index in [0.717, 1.165) is 5.56 Å². The standard InChI is InChI=1S/C17H16N2O3S/c1-4-5-11-8-13(9-14(21-2)15(11)22-3)16(20)19-17-12(10-18)6-7-23-17/h4-9H,1-3H3,(H,19,20)/b5-4+. The fourth-order valence-electron chi connectivity index (χ4n) is 2.10. The zero-order valence-electron chi connectivity index (χ0n) is 13.0. The molecule has 0 bridgehead atoms. The maximum atomic E-state index is 12.5. The maximum absolute atomic E-state index is 12.5. The van der Waals surface area contributed by atoms with Gasteiger partial charge in [-0.15, -0.1) is 11.3 Å². The van der Waals surface area contributed by atoms with Gasteiger partial charge in [0.25, 0.3) is 5.91 Å².